The Bertz CT molecular complexity index is 912. The van der Waals surface area contributed by atoms with E-state index in [9.17, 15) is 4.39 Å². The molecule has 1 unspecified atom stereocenters. The molecule has 28 heavy (non-hydrogen) atoms. The molecule has 7 heteroatoms. The lowest BCUT2D eigenvalue weighted by atomic mass is 10.1. The SMILES string of the molecule is CN=C(NCCc1c[nH]c2ccccc12)NCC(C)Oc1ccccc1F.I. The van der Waals surface area contributed by atoms with Crippen LogP contribution >= 0.6 is 24.0 Å². The molecule has 0 radical (unpaired) electrons. The maximum atomic E-state index is 13.6. The zero-order chi connectivity index (χ0) is 19.1. The first kappa shape index (κ1) is 22.0. The topological polar surface area (TPSA) is 61.4 Å². The molecule has 3 rings (SSSR count). The number of aromatic amines is 1. The summed E-state index contributed by atoms with van der Waals surface area (Å²) in [6.45, 7) is 3.16. The number of fused-ring (bicyclic) bond motifs is 1. The molecule has 0 saturated carbocycles. The lowest BCUT2D eigenvalue weighted by Gasteiger charge is -2.18. The van der Waals surface area contributed by atoms with E-state index in [1.807, 2.05) is 25.3 Å². The fourth-order valence-electron chi connectivity index (χ4n) is 2.91. The normalized spacial score (nSPS) is 12.3. The summed E-state index contributed by atoms with van der Waals surface area (Å²) in [5.41, 5.74) is 2.42. The molecule has 3 N–H and O–H groups in total. The molecule has 1 aromatic heterocycles. The number of benzene rings is 2. The monoisotopic (exact) mass is 496 g/mol. The molecular weight excluding hydrogens is 470 g/mol. The number of guanidine groups is 1. The molecule has 0 aliphatic rings. The van der Waals surface area contributed by atoms with Crippen LogP contribution in [0.15, 0.2) is 59.7 Å². The Balaban J connectivity index is 0.00000280. The zero-order valence-corrected chi connectivity index (χ0v) is 18.4. The Morgan fingerprint density at radius 3 is 2.68 bits per heavy atom. The maximum Gasteiger partial charge on any atom is 0.191 e. The van der Waals surface area contributed by atoms with E-state index in [1.54, 1.807) is 25.2 Å². The van der Waals surface area contributed by atoms with Crippen molar-refractivity contribution in [2.45, 2.75) is 19.4 Å². The van der Waals surface area contributed by atoms with Crippen LogP contribution in [-0.4, -0.2) is 37.2 Å². The van der Waals surface area contributed by atoms with Crippen LogP contribution in [0.4, 0.5) is 4.39 Å². The summed E-state index contributed by atoms with van der Waals surface area (Å²) >= 11 is 0. The van der Waals surface area contributed by atoms with Crippen molar-refractivity contribution in [3.63, 3.8) is 0 Å². The number of ether oxygens (including phenoxy) is 1. The standard InChI is InChI=1S/C21H25FN4O.HI/c1-15(27-20-10-6-4-8-18(20)22)13-26-21(23-2)24-12-11-16-14-25-19-9-5-3-7-17(16)19;/h3-10,14-15,25H,11-13H2,1-2H3,(H2,23,24,26);1H. The third-order valence-corrected chi connectivity index (χ3v) is 4.31. The Morgan fingerprint density at radius 1 is 1.14 bits per heavy atom. The van der Waals surface area contributed by atoms with Crippen molar-refractivity contribution in [2.75, 3.05) is 20.1 Å². The molecule has 2 aromatic carbocycles. The Kier molecular flexibility index (Phi) is 8.56. The minimum Gasteiger partial charge on any atom is -0.486 e. The summed E-state index contributed by atoms with van der Waals surface area (Å²) in [5.74, 6) is 0.596. The summed E-state index contributed by atoms with van der Waals surface area (Å²) in [7, 11) is 1.73. The average Bonchev–Trinajstić information content (AvgIpc) is 3.09. The van der Waals surface area contributed by atoms with Crippen LogP contribution in [0, 0.1) is 5.82 Å². The van der Waals surface area contributed by atoms with E-state index in [0.717, 1.165) is 18.5 Å². The van der Waals surface area contributed by atoms with Crippen LogP contribution in [0.2, 0.25) is 0 Å². The molecule has 5 nitrogen and oxygen atoms in total. The van der Waals surface area contributed by atoms with E-state index >= 15 is 0 Å². The first-order chi connectivity index (χ1) is 13.2. The van der Waals surface area contributed by atoms with E-state index in [1.165, 1.54) is 17.0 Å². The Hall–Kier alpha value is -2.29. The molecule has 0 saturated heterocycles. The number of rotatable bonds is 7. The predicted molar refractivity (Wildman–Crippen MR) is 123 cm³/mol. The minimum atomic E-state index is -0.356. The number of aliphatic imine (C=N–C) groups is 1. The van der Waals surface area contributed by atoms with Crippen LogP contribution in [-0.2, 0) is 6.42 Å². The maximum absolute atomic E-state index is 13.6. The number of nitrogens with one attached hydrogen (secondary N) is 3. The molecule has 0 aliphatic heterocycles. The van der Waals surface area contributed by atoms with Gasteiger partial charge >= 0.3 is 0 Å². The van der Waals surface area contributed by atoms with E-state index in [0.29, 0.717) is 12.5 Å². The highest BCUT2D eigenvalue weighted by atomic mass is 127. The fourth-order valence-corrected chi connectivity index (χ4v) is 2.91. The summed E-state index contributed by atoms with van der Waals surface area (Å²) in [4.78, 5) is 7.51. The van der Waals surface area contributed by atoms with Crippen molar-refractivity contribution in [3.8, 4) is 5.75 Å². The molecule has 1 atom stereocenters. The van der Waals surface area contributed by atoms with E-state index in [4.69, 9.17) is 4.74 Å². The van der Waals surface area contributed by atoms with Crippen molar-refractivity contribution in [2.24, 2.45) is 4.99 Å². The van der Waals surface area contributed by atoms with Crippen molar-refractivity contribution in [1.82, 2.24) is 15.6 Å². The highest BCUT2D eigenvalue weighted by Gasteiger charge is 2.09. The van der Waals surface area contributed by atoms with Gasteiger partial charge in [-0.25, -0.2) is 4.39 Å². The van der Waals surface area contributed by atoms with Gasteiger partial charge in [-0.2, -0.15) is 0 Å². The number of hydrogen-bond donors (Lipinski definition) is 3. The molecule has 1 heterocycles. The van der Waals surface area contributed by atoms with Crippen LogP contribution in [0.1, 0.15) is 12.5 Å². The third-order valence-electron chi connectivity index (χ3n) is 4.31. The van der Waals surface area contributed by atoms with Gasteiger partial charge < -0.3 is 20.4 Å². The van der Waals surface area contributed by atoms with Crippen molar-refractivity contribution >= 4 is 40.8 Å². The Labute approximate surface area is 181 Å². The van der Waals surface area contributed by atoms with Crippen LogP contribution < -0.4 is 15.4 Å². The number of para-hydroxylation sites is 2. The van der Waals surface area contributed by atoms with Gasteiger partial charge in [0.25, 0.3) is 0 Å². The third kappa shape index (κ3) is 5.85. The van der Waals surface area contributed by atoms with Gasteiger partial charge in [-0.3, -0.25) is 4.99 Å². The highest BCUT2D eigenvalue weighted by Crippen LogP contribution is 2.18. The highest BCUT2D eigenvalue weighted by molar-refractivity contribution is 14.0. The average molecular weight is 496 g/mol. The molecule has 150 valence electrons. The quantitative estimate of drug-likeness (QED) is 0.262. The van der Waals surface area contributed by atoms with Gasteiger partial charge in [0.2, 0.25) is 0 Å². The van der Waals surface area contributed by atoms with Gasteiger partial charge in [0.05, 0.1) is 6.54 Å². The zero-order valence-electron chi connectivity index (χ0n) is 16.0. The fraction of sp³-hybridized carbons (Fsp3) is 0.286. The van der Waals surface area contributed by atoms with E-state index < -0.39 is 0 Å². The number of nitrogens with zero attached hydrogens (tertiary/aromatic N) is 1. The summed E-state index contributed by atoms with van der Waals surface area (Å²) in [6.07, 6.45) is 2.73. The van der Waals surface area contributed by atoms with E-state index in [-0.39, 0.29) is 41.6 Å². The van der Waals surface area contributed by atoms with Gasteiger partial charge in [0.1, 0.15) is 6.10 Å². The van der Waals surface area contributed by atoms with Crippen molar-refractivity contribution in [1.29, 1.82) is 0 Å². The van der Waals surface area contributed by atoms with Gasteiger partial charge in [-0.05, 0) is 37.1 Å². The molecule has 3 aromatic rings. The molecule has 0 aliphatic carbocycles. The molecule has 0 bridgehead atoms. The second-order valence-corrected chi connectivity index (χ2v) is 6.35. The lowest BCUT2D eigenvalue weighted by molar-refractivity contribution is 0.214. The summed E-state index contributed by atoms with van der Waals surface area (Å²) in [5, 5.41) is 7.75. The number of aromatic nitrogens is 1. The molecule has 0 amide bonds. The summed E-state index contributed by atoms with van der Waals surface area (Å²) in [6, 6.07) is 14.7. The number of hydrogen-bond acceptors (Lipinski definition) is 2. The van der Waals surface area contributed by atoms with Gasteiger partial charge in [0.15, 0.2) is 17.5 Å². The smallest absolute Gasteiger partial charge is 0.191 e. The van der Waals surface area contributed by atoms with Crippen molar-refractivity contribution in [3.05, 3.63) is 66.1 Å². The van der Waals surface area contributed by atoms with E-state index in [2.05, 4.69) is 32.7 Å². The second kappa shape index (κ2) is 10.9. The summed E-state index contributed by atoms with van der Waals surface area (Å²) < 4.78 is 19.3. The van der Waals surface area contributed by atoms with Crippen molar-refractivity contribution < 1.29 is 9.13 Å². The molecular formula is C21H26FIN4O. The Morgan fingerprint density at radius 2 is 1.89 bits per heavy atom. The number of halogens is 2. The predicted octanol–water partition coefficient (Wildman–Crippen LogP) is 4.10. The minimum absolute atomic E-state index is 0. The second-order valence-electron chi connectivity index (χ2n) is 6.35. The molecule has 0 fully saturated rings. The first-order valence-corrected chi connectivity index (χ1v) is 9.08. The van der Waals surface area contributed by atoms with Gasteiger partial charge in [-0.1, -0.05) is 30.3 Å². The van der Waals surface area contributed by atoms with Gasteiger partial charge in [0, 0.05) is 30.7 Å². The largest absolute Gasteiger partial charge is 0.486 e. The van der Waals surface area contributed by atoms with Crippen LogP contribution in [0.25, 0.3) is 10.9 Å². The van der Waals surface area contributed by atoms with Crippen LogP contribution in [0.5, 0.6) is 5.75 Å². The van der Waals surface area contributed by atoms with Crippen LogP contribution in [0.3, 0.4) is 0 Å². The first-order valence-electron chi connectivity index (χ1n) is 9.08. The van der Waals surface area contributed by atoms with Gasteiger partial charge in [-0.15, -0.1) is 24.0 Å². The lowest BCUT2D eigenvalue weighted by Crippen LogP contribution is -2.42. The number of H-pyrrole nitrogens is 1. The molecule has 0 spiro atoms.